The molecule has 0 aromatic heterocycles. The van der Waals surface area contributed by atoms with Gasteiger partial charge in [0, 0.05) is 29.8 Å². The zero-order valence-electron chi connectivity index (χ0n) is 12.6. The molecule has 0 saturated carbocycles. The number of hydrogen-bond acceptors (Lipinski definition) is 4. The fraction of sp³-hybridized carbons (Fsp3) is 0.600. The van der Waals surface area contributed by atoms with Crippen molar-refractivity contribution in [3.05, 3.63) is 28.8 Å². The molecule has 4 nitrogen and oxygen atoms in total. The number of rotatable bonds is 4. The van der Waals surface area contributed by atoms with Gasteiger partial charge in [-0.3, -0.25) is 0 Å². The highest BCUT2D eigenvalue weighted by Gasteiger charge is 2.20. The van der Waals surface area contributed by atoms with Gasteiger partial charge < -0.3 is 10.2 Å². The molecule has 6 heteroatoms. The van der Waals surface area contributed by atoms with Crippen molar-refractivity contribution in [3.8, 4) is 0 Å². The van der Waals surface area contributed by atoms with Crippen molar-refractivity contribution in [2.45, 2.75) is 26.3 Å². The number of sulfone groups is 1. The van der Waals surface area contributed by atoms with Crippen LogP contribution in [0, 0.1) is 0 Å². The molecular weight excluding hydrogens is 308 g/mol. The van der Waals surface area contributed by atoms with Crippen molar-refractivity contribution in [1.29, 1.82) is 0 Å². The van der Waals surface area contributed by atoms with Crippen LogP contribution in [0.5, 0.6) is 0 Å². The van der Waals surface area contributed by atoms with Gasteiger partial charge in [-0.05, 0) is 37.6 Å². The average Bonchev–Trinajstić information content (AvgIpc) is 2.60. The van der Waals surface area contributed by atoms with E-state index in [-0.39, 0.29) is 17.5 Å². The number of halogens is 1. The second-order valence-corrected chi connectivity index (χ2v) is 8.19. The van der Waals surface area contributed by atoms with Crippen LogP contribution in [0.25, 0.3) is 0 Å². The van der Waals surface area contributed by atoms with Crippen molar-refractivity contribution in [3.63, 3.8) is 0 Å². The van der Waals surface area contributed by atoms with Crippen LogP contribution in [0.15, 0.2) is 18.2 Å². The zero-order chi connectivity index (χ0) is 15.5. The Kier molecular flexibility index (Phi) is 5.52. The molecular formula is C15H23ClN2O2S. The van der Waals surface area contributed by atoms with Gasteiger partial charge in [0.05, 0.1) is 11.5 Å². The predicted octanol–water partition coefficient (Wildman–Crippen LogP) is 2.64. The summed E-state index contributed by atoms with van der Waals surface area (Å²) in [5.74, 6) is 0.507. The summed E-state index contributed by atoms with van der Waals surface area (Å²) in [6.45, 7) is 6.35. The van der Waals surface area contributed by atoms with E-state index in [2.05, 4.69) is 24.1 Å². The Morgan fingerprint density at radius 3 is 2.76 bits per heavy atom. The minimum absolute atomic E-state index is 0.209. The topological polar surface area (TPSA) is 49.4 Å². The lowest BCUT2D eigenvalue weighted by molar-refractivity contribution is 0.597. The minimum atomic E-state index is -2.88. The lowest BCUT2D eigenvalue weighted by atomic mass is 10.1. The van der Waals surface area contributed by atoms with Crippen LogP contribution >= 0.6 is 11.6 Å². The molecule has 1 N–H and O–H groups in total. The van der Waals surface area contributed by atoms with Gasteiger partial charge in [-0.25, -0.2) is 8.42 Å². The second kappa shape index (κ2) is 6.99. The molecule has 1 aliphatic heterocycles. The van der Waals surface area contributed by atoms with Crippen LogP contribution in [0.2, 0.25) is 5.02 Å². The molecule has 0 aliphatic carbocycles. The monoisotopic (exact) mass is 330 g/mol. The van der Waals surface area contributed by atoms with E-state index >= 15 is 0 Å². The van der Waals surface area contributed by atoms with E-state index in [1.165, 1.54) is 0 Å². The average molecular weight is 331 g/mol. The van der Waals surface area contributed by atoms with Gasteiger partial charge in [0.25, 0.3) is 0 Å². The first-order valence-corrected chi connectivity index (χ1v) is 9.61. The third kappa shape index (κ3) is 4.34. The van der Waals surface area contributed by atoms with Crippen molar-refractivity contribution in [2.75, 3.05) is 36.0 Å². The van der Waals surface area contributed by atoms with E-state index in [9.17, 15) is 8.42 Å². The lowest BCUT2D eigenvalue weighted by Gasteiger charge is -2.24. The molecule has 21 heavy (non-hydrogen) atoms. The van der Waals surface area contributed by atoms with Gasteiger partial charge in [0.15, 0.2) is 9.84 Å². The summed E-state index contributed by atoms with van der Waals surface area (Å²) < 4.78 is 23.3. The van der Waals surface area contributed by atoms with Crippen molar-refractivity contribution < 1.29 is 8.42 Å². The van der Waals surface area contributed by atoms with Gasteiger partial charge in [-0.1, -0.05) is 24.6 Å². The maximum absolute atomic E-state index is 11.7. The van der Waals surface area contributed by atoms with Crippen LogP contribution in [0.4, 0.5) is 5.69 Å². The second-order valence-electron chi connectivity index (χ2n) is 5.48. The third-order valence-corrected chi connectivity index (χ3v) is 5.92. The quantitative estimate of drug-likeness (QED) is 0.922. The van der Waals surface area contributed by atoms with Gasteiger partial charge >= 0.3 is 0 Å². The van der Waals surface area contributed by atoms with E-state index in [0.29, 0.717) is 13.0 Å². The zero-order valence-corrected chi connectivity index (χ0v) is 14.2. The van der Waals surface area contributed by atoms with E-state index in [0.717, 1.165) is 29.4 Å². The van der Waals surface area contributed by atoms with Crippen LogP contribution in [0.3, 0.4) is 0 Å². The smallest absolute Gasteiger partial charge is 0.152 e. The highest BCUT2D eigenvalue weighted by molar-refractivity contribution is 7.91. The molecule has 1 atom stereocenters. The van der Waals surface area contributed by atoms with Crippen LogP contribution < -0.4 is 10.2 Å². The van der Waals surface area contributed by atoms with Gasteiger partial charge in [-0.2, -0.15) is 0 Å². The number of benzene rings is 1. The Bertz CT molecular complexity index is 589. The highest BCUT2D eigenvalue weighted by Crippen LogP contribution is 2.28. The summed E-state index contributed by atoms with van der Waals surface area (Å²) in [5.41, 5.74) is 2.08. The van der Waals surface area contributed by atoms with Crippen LogP contribution in [-0.4, -0.2) is 39.6 Å². The standard InChI is InChI=1S/C15H23ClN2O2S/c1-3-17-12(2)14-6-5-13(11-15(14)16)18-7-4-9-21(19,20)10-8-18/h5-6,11-12,17H,3-4,7-10H2,1-2H3. The molecule has 0 bridgehead atoms. The molecule has 1 saturated heterocycles. The first-order chi connectivity index (χ1) is 9.93. The molecule has 0 spiro atoms. The normalized spacial score (nSPS) is 20.0. The van der Waals surface area contributed by atoms with Crippen molar-refractivity contribution >= 4 is 27.1 Å². The predicted molar refractivity (Wildman–Crippen MR) is 89.0 cm³/mol. The van der Waals surface area contributed by atoms with Gasteiger partial charge in [0.2, 0.25) is 0 Å². The summed E-state index contributed by atoms with van der Waals surface area (Å²) in [6.07, 6.45) is 0.676. The lowest BCUT2D eigenvalue weighted by Crippen LogP contribution is -2.26. The SMILES string of the molecule is CCNC(C)c1ccc(N2CCCS(=O)(=O)CC2)cc1Cl. The van der Waals surface area contributed by atoms with Gasteiger partial charge in [-0.15, -0.1) is 0 Å². The molecule has 1 aromatic carbocycles. The van der Waals surface area contributed by atoms with E-state index in [1.807, 2.05) is 18.2 Å². The van der Waals surface area contributed by atoms with Crippen LogP contribution in [-0.2, 0) is 9.84 Å². The number of nitrogens with zero attached hydrogens (tertiary/aromatic N) is 1. The summed E-state index contributed by atoms with van der Waals surface area (Å²) in [7, 11) is -2.88. The number of nitrogens with one attached hydrogen (secondary N) is 1. The Morgan fingerprint density at radius 2 is 2.10 bits per heavy atom. The molecule has 1 unspecified atom stereocenters. The maximum Gasteiger partial charge on any atom is 0.152 e. The summed E-state index contributed by atoms with van der Waals surface area (Å²) in [6, 6.07) is 6.22. The van der Waals surface area contributed by atoms with Crippen molar-refractivity contribution in [1.82, 2.24) is 5.32 Å². The Morgan fingerprint density at radius 1 is 1.33 bits per heavy atom. The minimum Gasteiger partial charge on any atom is -0.370 e. The summed E-state index contributed by atoms with van der Waals surface area (Å²) in [5, 5.41) is 4.07. The fourth-order valence-corrected chi connectivity index (χ4v) is 4.29. The molecule has 1 heterocycles. The maximum atomic E-state index is 11.7. The van der Waals surface area contributed by atoms with Crippen molar-refractivity contribution in [2.24, 2.45) is 0 Å². The summed E-state index contributed by atoms with van der Waals surface area (Å²) in [4.78, 5) is 2.11. The molecule has 1 aliphatic rings. The molecule has 1 fully saturated rings. The first-order valence-electron chi connectivity index (χ1n) is 7.41. The largest absolute Gasteiger partial charge is 0.370 e. The Labute approximate surface area is 132 Å². The number of hydrogen-bond donors (Lipinski definition) is 1. The third-order valence-electron chi connectivity index (χ3n) is 3.88. The highest BCUT2D eigenvalue weighted by atomic mass is 35.5. The van der Waals surface area contributed by atoms with E-state index in [4.69, 9.17) is 11.6 Å². The van der Waals surface area contributed by atoms with Gasteiger partial charge in [0.1, 0.15) is 0 Å². The summed E-state index contributed by atoms with van der Waals surface area (Å²) >= 11 is 6.39. The van der Waals surface area contributed by atoms with Crippen LogP contribution in [0.1, 0.15) is 31.9 Å². The Hall–Kier alpha value is -0.780. The first kappa shape index (κ1) is 16.6. The van der Waals surface area contributed by atoms with E-state index < -0.39 is 9.84 Å². The molecule has 2 rings (SSSR count). The molecule has 0 radical (unpaired) electrons. The Balaban J connectivity index is 2.16. The molecule has 0 amide bonds. The fourth-order valence-electron chi connectivity index (χ4n) is 2.68. The molecule has 118 valence electrons. The number of anilines is 1. The molecule has 1 aromatic rings. The van der Waals surface area contributed by atoms with E-state index in [1.54, 1.807) is 0 Å².